The number of fused-ring (bicyclic) bond motifs is 2. The molecule has 2 N–H and O–H groups in total. The van der Waals surface area contributed by atoms with Crippen LogP contribution in [0.4, 0.5) is 5.69 Å². The van der Waals surface area contributed by atoms with E-state index in [1.54, 1.807) is 16.0 Å². The molecule has 0 radical (unpaired) electrons. The van der Waals surface area contributed by atoms with Gasteiger partial charge < -0.3 is 10.2 Å². The molecule has 4 aromatic rings. The maximum absolute atomic E-state index is 13.6. The summed E-state index contributed by atoms with van der Waals surface area (Å²) in [6, 6.07) is 11.9. The van der Waals surface area contributed by atoms with Gasteiger partial charge in [0.05, 0.1) is 41.2 Å². The normalized spacial score (nSPS) is 22.0. The van der Waals surface area contributed by atoms with E-state index < -0.39 is 0 Å². The van der Waals surface area contributed by atoms with Gasteiger partial charge in [0, 0.05) is 50.3 Å². The van der Waals surface area contributed by atoms with Crippen molar-refractivity contribution in [2.45, 2.75) is 69.7 Å². The number of nitrogens with one attached hydrogen (secondary N) is 2. The first-order chi connectivity index (χ1) is 23.8. The number of amides is 3. The molecule has 1 aliphatic carbocycles. The number of rotatable bonds is 6. The third-order valence-corrected chi connectivity index (χ3v) is 11.5. The zero-order valence-electron chi connectivity index (χ0n) is 27.1. The highest BCUT2D eigenvalue weighted by molar-refractivity contribution is 7.14. The van der Waals surface area contributed by atoms with Crippen LogP contribution in [-0.4, -0.2) is 68.1 Å². The van der Waals surface area contributed by atoms with E-state index in [1.807, 2.05) is 48.5 Å². The molecule has 2 fully saturated rings. The molecule has 0 spiro atoms. The van der Waals surface area contributed by atoms with Gasteiger partial charge in [-0.3, -0.25) is 29.5 Å². The summed E-state index contributed by atoms with van der Waals surface area (Å²) in [4.78, 5) is 56.1. The number of aromatic nitrogens is 4. The molecule has 3 amide bonds. The number of anilines is 1. The van der Waals surface area contributed by atoms with E-state index in [1.165, 1.54) is 11.8 Å². The Kier molecular flexibility index (Phi) is 8.14. The van der Waals surface area contributed by atoms with Crippen molar-refractivity contribution in [3.63, 3.8) is 0 Å². The van der Waals surface area contributed by atoms with Crippen LogP contribution in [0.25, 0.3) is 22.0 Å². The predicted octanol–water partition coefficient (Wildman–Crippen LogP) is 4.45. The Morgan fingerprint density at radius 1 is 0.980 bits per heavy atom. The highest BCUT2D eigenvalue weighted by Crippen LogP contribution is 2.41. The zero-order valence-corrected chi connectivity index (χ0v) is 28.0. The quantitative estimate of drug-likeness (QED) is 0.285. The van der Waals surface area contributed by atoms with Crippen LogP contribution in [-0.2, 0) is 38.6 Å². The number of Topliss-reactive ketones (excluding diaryl/α,β-unsaturated/α-hetero) is 1. The van der Waals surface area contributed by atoms with Crippen molar-refractivity contribution in [2.75, 3.05) is 18.9 Å². The van der Waals surface area contributed by atoms with Crippen molar-refractivity contribution >= 4 is 46.7 Å². The third kappa shape index (κ3) is 5.96. The number of hydrogen-bond donors (Lipinski definition) is 2. The monoisotopic (exact) mass is 676 g/mol. The molecule has 1 atom stereocenters. The Morgan fingerprint density at radius 3 is 2.65 bits per heavy atom. The molecule has 6 heterocycles. The number of piperidine rings is 1. The highest BCUT2D eigenvalue weighted by Gasteiger charge is 2.34. The summed E-state index contributed by atoms with van der Waals surface area (Å²) in [6.45, 7) is 1.26. The van der Waals surface area contributed by atoms with E-state index >= 15 is 0 Å². The molecule has 1 saturated heterocycles. The van der Waals surface area contributed by atoms with Crippen LogP contribution >= 0.6 is 11.3 Å². The van der Waals surface area contributed by atoms with E-state index in [9.17, 15) is 19.2 Å². The first kappa shape index (κ1) is 31.2. The standard InChI is InChI=1S/C36H36N8O4S/c1-37-29-16-30(31-10-8-25-15-26(45)17-39-44(25)31)38-18-28(29)35-42-41-34(49-35)20-2-4-21(5-3-20)36(48)43-13-12-22-14-23(6-7-24(22)19-43)27-9-11-32(46)40-33(27)47/h6-8,10,14,16-18,20-21,27H,2-5,9,11-13,15,19H2,1H3,(H,37,38)(H,40,46,47). The molecule has 49 heavy (non-hydrogen) atoms. The smallest absolute Gasteiger partial charge is 0.234 e. The lowest BCUT2D eigenvalue weighted by atomic mass is 9.81. The van der Waals surface area contributed by atoms with Gasteiger partial charge in [0.1, 0.15) is 5.01 Å². The largest absolute Gasteiger partial charge is 0.387 e. The first-order valence-corrected chi connectivity index (χ1v) is 17.7. The predicted molar refractivity (Wildman–Crippen MR) is 184 cm³/mol. The van der Waals surface area contributed by atoms with Crippen molar-refractivity contribution in [1.82, 2.24) is 30.1 Å². The van der Waals surface area contributed by atoms with Gasteiger partial charge in [0.25, 0.3) is 0 Å². The Hall–Kier alpha value is -5.04. The molecular formula is C36H36N8O4S. The molecule has 250 valence electrons. The van der Waals surface area contributed by atoms with E-state index in [0.29, 0.717) is 32.4 Å². The molecule has 1 unspecified atom stereocenters. The van der Waals surface area contributed by atoms with Crippen LogP contribution in [0.2, 0.25) is 0 Å². The Morgan fingerprint density at radius 2 is 1.84 bits per heavy atom. The van der Waals surface area contributed by atoms with Crippen molar-refractivity contribution in [3.05, 3.63) is 70.0 Å². The van der Waals surface area contributed by atoms with Gasteiger partial charge in [-0.1, -0.05) is 29.5 Å². The van der Waals surface area contributed by atoms with Crippen molar-refractivity contribution in [2.24, 2.45) is 11.0 Å². The molecule has 3 aromatic heterocycles. The van der Waals surface area contributed by atoms with Crippen molar-refractivity contribution in [1.29, 1.82) is 0 Å². The fraction of sp³-hybridized carbons (Fsp3) is 0.389. The Bertz CT molecular complexity index is 2020. The molecule has 8 rings (SSSR count). The van der Waals surface area contributed by atoms with Gasteiger partial charge in [0.15, 0.2) is 10.8 Å². The zero-order chi connectivity index (χ0) is 33.6. The average Bonchev–Trinajstić information content (AvgIpc) is 3.78. The maximum atomic E-state index is 13.6. The summed E-state index contributed by atoms with van der Waals surface area (Å²) >= 11 is 1.58. The summed E-state index contributed by atoms with van der Waals surface area (Å²) < 4.78 is 1.76. The fourth-order valence-corrected chi connectivity index (χ4v) is 8.63. The van der Waals surface area contributed by atoms with Gasteiger partial charge in [-0.25, -0.2) is 4.68 Å². The second-order valence-electron chi connectivity index (χ2n) is 13.3. The van der Waals surface area contributed by atoms with Crippen LogP contribution in [0.5, 0.6) is 0 Å². The van der Waals surface area contributed by atoms with Crippen LogP contribution in [0.15, 0.2) is 47.7 Å². The van der Waals surface area contributed by atoms with Gasteiger partial charge in [0.2, 0.25) is 17.7 Å². The molecule has 12 nitrogen and oxygen atoms in total. The van der Waals surface area contributed by atoms with Crippen LogP contribution in [0, 0.1) is 5.92 Å². The second kappa shape index (κ2) is 12.8. The average molecular weight is 677 g/mol. The molecule has 3 aliphatic heterocycles. The number of hydrogen-bond acceptors (Lipinski definition) is 10. The topological polar surface area (TPSA) is 152 Å². The van der Waals surface area contributed by atoms with Crippen LogP contribution in [0.1, 0.15) is 77.8 Å². The number of pyridine rings is 1. The molecule has 13 heteroatoms. The number of nitrogens with zero attached hydrogens (tertiary/aromatic N) is 6. The molecule has 1 aromatic carbocycles. The van der Waals surface area contributed by atoms with Crippen LogP contribution in [0.3, 0.4) is 0 Å². The van der Waals surface area contributed by atoms with Gasteiger partial charge in [-0.05, 0) is 73.4 Å². The molecular weight excluding hydrogens is 641 g/mol. The number of ketones is 1. The number of benzene rings is 1. The number of carbonyl (C=O) groups excluding carboxylic acids is 4. The minimum absolute atomic E-state index is 0.00262. The minimum Gasteiger partial charge on any atom is -0.387 e. The van der Waals surface area contributed by atoms with Crippen molar-refractivity contribution < 1.29 is 19.2 Å². The van der Waals surface area contributed by atoms with Gasteiger partial charge >= 0.3 is 0 Å². The van der Waals surface area contributed by atoms with E-state index in [0.717, 1.165) is 81.6 Å². The first-order valence-electron chi connectivity index (χ1n) is 16.9. The SMILES string of the molecule is CNc1cc(-c2ccc3n2N=CC(=O)C3)ncc1-c1nnc(C2CCC(C(=O)N3CCc4cc(C5CCC(=O)NC5=O)ccc4C3)CC2)s1. The minimum atomic E-state index is -0.296. The fourth-order valence-electron chi connectivity index (χ4n) is 7.60. The molecule has 4 aliphatic rings. The molecule has 0 bridgehead atoms. The highest BCUT2D eigenvalue weighted by atomic mass is 32.1. The summed E-state index contributed by atoms with van der Waals surface area (Å²) in [6.07, 6.45) is 8.58. The Balaban J connectivity index is 0.894. The van der Waals surface area contributed by atoms with E-state index in [2.05, 4.69) is 32.0 Å². The number of imide groups is 1. The summed E-state index contributed by atoms with van der Waals surface area (Å²) in [5, 5.41) is 20.9. The van der Waals surface area contributed by atoms with E-state index in [-0.39, 0.29) is 41.3 Å². The van der Waals surface area contributed by atoms with Crippen molar-refractivity contribution in [3.8, 4) is 22.0 Å². The third-order valence-electron chi connectivity index (χ3n) is 10.3. The lowest BCUT2D eigenvalue weighted by Crippen LogP contribution is -2.41. The maximum Gasteiger partial charge on any atom is 0.234 e. The van der Waals surface area contributed by atoms with Gasteiger partial charge in [-0.15, -0.1) is 10.2 Å². The summed E-state index contributed by atoms with van der Waals surface area (Å²) in [5.74, 6) is -0.244. The Labute approximate surface area is 287 Å². The van der Waals surface area contributed by atoms with E-state index in [4.69, 9.17) is 4.98 Å². The summed E-state index contributed by atoms with van der Waals surface area (Å²) in [5.41, 5.74) is 7.42. The summed E-state index contributed by atoms with van der Waals surface area (Å²) in [7, 11) is 1.87. The second-order valence-corrected chi connectivity index (χ2v) is 14.3. The lowest BCUT2D eigenvalue weighted by Gasteiger charge is -2.34. The lowest BCUT2D eigenvalue weighted by molar-refractivity contribution is -0.137. The molecule has 1 saturated carbocycles. The van der Waals surface area contributed by atoms with Gasteiger partial charge in [-0.2, -0.15) is 5.10 Å². The van der Waals surface area contributed by atoms with Crippen LogP contribution < -0.4 is 10.6 Å². The number of carbonyl (C=O) groups is 4.